The fraction of sp³-hybridized carbons (Fsp3) is 0.333. The number of hydrogen-bond donors (Lipinski definition) is 1. The van der Waals surface area contributed by atoms with Crippen LogP contribution in [0.5, 0.6) is 0 Å². The van der Waals surface area contributed by atoms with Gasteiger partial charge in [-0.15, -0.1) is 0 Å². The molecule has 2 heterocycles. The number of rotatable bonds is 4. The van der Waals surface area contributed by atoms with Gasteiger partial charge in [0.2, 0.25) is 10.0 Å². The Hall–Kier alpha value is -2.33. The first kappa shape index (κ1) is 17.5. The van der Waals surface area contributed by atoms with Gasteiger partial charge in [0.05, 0.1) is 24.6 Å². The van der Waals surface area contributed by atoms with Crippen LogP contribution in [-0.2, 0) is 14.8 Å². The number of carboxylic acids is 1. The van der Waals surface area contributed by atoms with Crippen LogP contribution in [0.2, 0.25) is 0 Å². The molecule has 0 radical (unpaired) electrons. The molecule has 1 aliphatic rings. The molecular weight excluding hydrogens is 356 g/mol. The number of para-hydroxylation sites is 1. The van der Waals surface area contributed by atoms with Gasteiger partial charge in [0, 0.05) is 6.54 Å². The van der Waals surface area contributed by atoms with E-state index in [-0.39, 0.29) is 11.4 Å². The fourth-order valence-corrected chi connectivity index (χ4v) is 4.13. The maximum atomic E-state index is 14.0. The summed E-state index contributed by atoms with van der Waals surface area (Å²) in [6.45, 7) is -1.45. The highest BCUT2D eigenvalue weighted by atomic mass is 32.2. The normalized spacial score (nSPS) is 21.1. The maximum absolute atomic E-state index is 14.0. The van der Waals surface area contributed by atoms with Crippen LogP contribution in [0.3, 0.4) is 0 Å². The van der Waals surface area contributed by atoms with Gasteiger partial charge in [-0.2, -0.15) is 9.40 Å². The lowest BCUT2D eigenvalue weighted by Gasteiger charge is -2.35. The van der Waals surface area contributed by atoms with Gasteiger partial charge in [0.1, 0.15) is 10.8 Å². The predicted octanol–water partition coefficient (Wildman–Crippen LogP) is 1.60. The van der Waals surface area contributed by atoms with E-state index in [1.807, 2.05) is 0 Å². The van der Waals surface area contributed by atoms with Crippen molar-refractivity contribution in [1.29, 1.82) is 0 Å². The van der Waals surface area contributed by atoms with Crippen molar-refractivity contribution in [2.45, 2.75) is 17.2 Å². The van der Waals surface area contributed by atoms with Crippen LogP contribution in [-0.4, -0.2) is 52.6 Å². The van der Waals surface area contributed by atoms with E-state index in [1.165, 1.54) is 10.9 Å². The molecule has 1 N–H and O–H groups in total. The molecule has 134 valence electrons. The lowest BCUT2D eigenvalue weighted by Crippen LogP contribution is -2.52. The average molecular weight is 371 g/mol. The van der Waals surface area contributed by atoms with E-state index in [2.05, 4.69) is 5.10 Å². The summed E-state index contributed by atoms with van der Waals surface area (Å²) in [4.78, 5) is 10.7. The van der Waals surface area contributed by atoms with Crippen LogP contribution >= 0.6 is 0 Å². The zero-order valence-corrected chi connectivity index (χ0v) is 13.7. The van der Waals surface area contributed by atoms with Crippen LogP contribution < -0.4 is 0 Å². The molecule has 2 aromatic rings. The number of aliphatic carboxylic acids is 1. The lowest BCUT2D eigenvalue weighted by atomic mass is 9.94. The second-order valence-corrected chi connectivity index (χ2v) is 7.67. The molecule has 1 unspecified atom stereocenters. The van der Waals surface area contributed by atoms with Crippen LogP contribution in [0.4, 0.5) is 8.78 Å². The molecule has 1 atom stereocenters. The summed E-state index contributed by atoms with van der Waals surface area (Å²) in [5.41, 5.74) is 0.624. The molecule has 1 saturated heterocycles. The summed E-state index contributed by atoms with van der Waals surface area (Å²) in [5, 5.41) is 12.8. The minimum absolute atomic E-state index is 0.221. The number of benzene rings is 1. The van der Waals surface area contributed by atoms with Crippen LogP contribution in [0.1, 0.15) is 6.42 Å². The van der Waals surface area contributed by atoms with Gasteiger partial charge in [-0.05, 0) is 18.6 Å². The van der Waals surface area contributed by atoms with Crippen molar-refractivity contribution in [3.63, 3.8) is 0 Å². The summed E-state index contributed by atoms with van der Waals surface area (Å²) in [6, 6.07) is 8.73. The smallest absolute Gasteiger partial charge is 0.312 e. The number of alkyl halides is 2. The minimum Gasteiger partial charge on any atom is -0.481 e. The Morgan fingerprint density at radius 2 is 1.96 bits per heavy atom. The monoisotopic (exact) mass is 371 g/mol. The molecule has 1 aliphatic heterocycles. The van der Waals surface area contributed by atoms with Crippen LogP contribution in [0, 0.1) is 5.92 Å². The van der Waals surface area contributed by atoms with E-state index in [9.17, 15) is 22.0 Å². The molecule has 0 aliphatic carbocycles. The van der Waals surface area contributed by atoms with Gasteiger partial charge < -0.3 is 5.11 Å². The average Bonchev–Trinajstić information content (AvgIpc) is 3.05. The third-order valence-electron chi connectivity index (χ3n) is 4.08. The first-order valence-electron chi connectivity index (χ1n) is 7.43. The standard InChI is InChI=1S/C15H15F2N3O4S/c16-15(17)10-19(7-6-13(15)14(21)22)25(23,24)12-8-18-20(9-12)11-4-2-1-3-5-11/h1-5,8-9,13H,6-7,10H2,(H,21,22). The quantitative estimate of drug-likeness (QED) is 0.881. The molecule has 0 spiro atoms. The number of piperidine rings is 1. The van der Waals surface area contributed by atoms with E-state index < -0.39 is 40.8 Å². The lowest BCUT2D eigenvalue weighted by molar-refractivity contribution is -0.163. The van der Waals surface area contributed by atoms with Gasteiger partial charge in [-0.1, -0.05) is 18.2 Å². The zero-order chi connectivity index (χ0) is 18.2. The molecule has 1 aromatic carbocycles. The summed E-state index contributed by atoms with van der Waals surface area (Å²) in [5.74, 6) is -7.14. The largest absolute Gasteiger partial charge is 0.481 e. The number of sulfonamides is 1. The Morgan fingerprint density at radius 3 is 2.56 bits per heavy atom. The third-order valence-corrected chi connectivity index (χ3v) is 5.88. The van der Waals surface area contributed by atoms with Gasteiger partial charge in [-0.3, -0.25) is 4.79 Å². The van der Waals surface area contributed by atoms with Gasteiger partial charge in [-0.25, -0.2) is 21.9 Å². The van der Waals surface area contributed by atoms with Gasteiger partial charge in [0.15, 0.2) is 0 Å². The second-order valence-electron chi connectivity index (χ2n) is 5.74. The van der Waals surface area contributed by atoms with E-state index in [0.717, 1.165) is 6.20 Å². The second kappa shape index (κ2) is 6.19. The summed E-state index contributed by atoms with van der Waals surface area (Å²) in [7, 11) is -4.19. The molecule has 10 heteroatoms. The van der Waals surface area contributed by atoms with Crippen LogP contribution in [0.25, 0.3) is 5.69 Å². The summed E-state index contributed by atoms with van der Waals surface area (Å²) >= 11 is 0. The molecule has 1 aromatic heterocycles. The molecule has 0 amide bonds. The van der Waals surface area contributed by atoms with E-state index in [0.29, 0.717) is 9.99 Å². The molecule has 0 bridgehead atoms. The van der Waals surface area contributed by atoms with Crippen molar-refractivity contribution in [3.8, 4) is 5.69 Å². The minimum atomic E-state index is -4.19. The number of aromatic nitrogens is 2. The van der Waals surface area contributed by atoms with Crippen molar-refractivity contribution in [2.24, 2.45) is 5.92 Å². The number of halogens is 2. The Kier molecular flexibility index (Phi) is 4.33. The Bertz CT molecular complexity index is 883. The highest BCUT2D eigenvalue weighted by Crippen LogP contribution is 2.35. The number of nitrogens with zero attached hydrogens (tertiary/aromatic N) is 3. The first-order valence-corrected chi connectivity index (χ1v) is 8.87. The molecule has 25 heavy (non-hydrogen) atoms. The van der Waals surface area contributed by atoms with Crippen molar-refractivity contribution >= 4 is 16.0 Å². The van der Waals surface area contributed by atoms with Crippen molar-refractivity contribution < 1.29 is 27.1 Å². The molecule has 7 nitrogen and oxygen atoms in total. The Balaban J connectivity index is 1.86. The number of carbonyl (C=O) groups is 1. The summed E-state index contributed by atoms with van der Waals surface area (Å²) < 4.78 is 55.1. The maximum Gasteiger partial charge on any atom is 0.312 e. The van der Waals surface area contributed by atoms with E-state index in [4.69, 9.17) is 5.11 Å². The zero-order valence-electron chi connectivity index (χ0n) is 12.9. The SMILES string of the molecule is O=C(O)C1CCN(S(=O)(=O)c2cnn(-c3ccccc3)c2)CC1(F)F. The molecule has 3 rings (SSSR count). The van der Waals surface area contributed by atoms with Crippen molar-refractivity contribution in [1.82, 2.24) is 14.1 Å². The molecular formula is C15H15F2N3O4S. The van der Waals surface area contributed by atoms with Gasteiger partial charge in [0.25, 0.3) is 5.92 Å². The first-order chi connectivity index (χ1) is 11.7. The third kappa shape index (κ3) is 3.27. The molecule has 1 fully saturated rings. The van der Waals surface area contributed by atoms with Gasteiger partial charge >= 0.3 is 5.97 Å². The predicted molar refractivity (Wildman–Crippen MR) is 83.0 cm³/mol. The summed E-state index contributed by atoms with van der Waals surface area (Å²) in [6.07, 6.45) is 1.88. The number of hydrogen-bond acceptors (Lipinski definition) is 4. The van der Waals surface area contributed by atoms with E-state index >= 15 is 0 Å². The Labute approximate surface area is 142 Å². The topological polar surface area (TPSA) is 92.5 Å². The number of carboxylic acid groups (broad SMARTS) is 1. The highest BCUT2D eigenvalue weighted by Gasteiger charge is 2.51. The van der Waals surface area contributed by atoms with Crippen molar-refractivity contribution in [3.05, 3.63) is 42.7 Å². The Morgan fingerprint density at radius 1 is 1.28 bits per heavy atom. The van der Waals surface area contributed by atoms with E-state index in [1.54, 1.807) is 30.3 Å². The van der Waals surface area contributed by atoms with Crippen molar-refractivity contribution in [2.75, 3.05) is 13.1 Å². The molecule has 0 saturated carbocycles. The fourth-order valence-electron chi connectivity index (χ4n) is 2.73. The highest BCUT2D eigenvalue weighted by molar-refractivity contribution is 7.89. The van der Waals surface area contributed by atoms with Crippen LogP contribution in [0.15, 0.2) is 47.6 Å².